The third-order valence-corrected chi connectivity index (χ3v) is 3.94. The Morgan fingerprint density at radius 1 is 0.958 bits per heavy atom. The van der Waals surface area contributed by atoms with E-state index in [2.05, 4.69) is 36.0 Å². The van der Waals surface area contributed by atoms with Crippen LogP contribution in [0, 0.1) is 0 Å². The summed E-state index contributed by atoms with van der Waals surface area (Å²) in [6.45, 7) is 6.49. The van der Waals surface area contributed by atoms with E-state index in [-0.39, 0.29) is 5.96 Å². The molecule has 1 aromatic carbocycles. The molecule has 0 saturated heterocycles. The van der Waals surface area contributed by atoms with Crippen molar-refractivity contribution in [1.29, 1.82) is 0 Å². The van der Waals surface area contributed by atoms with Crippen LogP contribution in [0.1, 0.15) is 57.9 Å². The first-order chi connectivity index (χ1) is 11.7. The molecule has 5 nitrogen and oxygen atoms in total. The maximum Gasteiger partial charge on any atom is 0.218 e. The van der Waals surface area contributed by atoms with Gasteiger partial charge in [-0.05, 0) is 18.9 Å². The van der Waals surface area contributed by atoms with Gasteiger partial charge in [0.25, 0.3) is 0 Å². The maximum absolute atomic E-state index is 6.08. The number of hydrogen-bond acceptors (Lipinski definition) is 1. The third-order valence-electron chi connectivity index (χ3n) is 3.94. The van der Waals surface area contributed by atoms with Crippen LogP contribution in [0.5, 0.6) is 0 Å². The van der Waals surface area contributed by atoms with Gasteiger partial charge in [-0.25, -0.2) is 0 Å². The van der Waals surface area contributed by atoms with Gasteiger partial charge in [0.15, 0.2) is 5.96 Å². The van der Waals surface area contributed by atoms with Crippen molar-refractivity contribution in [3.63, 3.8) is 0 Å². The smallest absolute Gasteiger partial charge is 0.218 e. The second kappa shape index (κ2) is 12.4. The number of unbranched alkanes of at least 4 members (excludes halogenated alkanes) is 5. The number of nitrogens with two attached hydrogens (primary N) is 2. The molecule has 4 N–H and O–H groups in total. The molecule has 0 aliphatic carbocycles. The monoisotopic (exact) mass is 331 g/mol. The van der Waals surface area contributed by atoms with Crippen LogP contribution in [0.3, 0.4) is 0 Å². The Balaban J connectivity index is 2.42. The first kappa shape index (κ1) is 20.0. The molecule has 1 aromatic rings. The summed E-state index contributed by atoms with van der Waals surface area (Å²) in [5, 5.41) is 0. The van der Waals surface area contributed by atoms with E-state index in [0.29, 0.717) is 5.96 Å². The van der Waals surface area contributed by atoms with Gasteiger partial charge in [-0.3, -0.25) is 4.99 Å². The summed E-state index contributed by atoms with van der Waals surface area (Å²) < 4.78 is 0. The van der Waals surface area contributed by atoms with E-state index in [1.54, 1.807) is 0 Å². The lowest BCUT2D eigenvalue weighted by Gasteiger charge is -2.21. The molecule has 0 atom stereocenters. The highest BCUT2D eigenvalue weighted by atomic mass is 15.3. The van der Waals surface area contributed by atoms with Gasteiger partial charge in [0, 0.05) is 19.6 Å². The first-order valence-corrected chi connectivity index (χ1v) is 9.10. The Bertz CT molecular complexity index is 496. The normalized spacial score (nSPS) is 12.4. The van der Waals surface area contributed by atoms with Gasteiger partial charge < -0.3 is 16.4 Å². The lowest BCUT2D eigenvalue weighted by atomic mass is 10.1. The molecule has 0 amide bonds. The van der Waals surface area contributed by atoms with Gasteiger partial charge in [-0.1, -0.05) is 69.4 Å². The quantitative estimate of drug-likeness (QED) is 0.391. The Morgan fingerprint density at radius 3 is 2.29 bits per heavy atom. The van der Waals surface area contributed by atoms with E-state index in [1.165, 1.54) is 37.7 Å². The number of guanidine groups is 2. The predicted octanol–water partition coefficient (Wildman–Crippen LogP) is 3.50. The van der Waals surface area contributed by atoms with Crippen LogP contribution in [0.25, 0.3) is 0 Å². The van der Waals surface area contributed by atoms with E-state index < -0.39 is 0 Å². The maximum atomic E-state index is 6.08. The fraction of sp³-hybridized carbons (Fsp3) is 0.579. The van der Waals surface area contributed by atoms with E-state index in [9.17, 15) is 0 Å². The zero-order valence-corrected chi connectivity index (χ0v) is 15.2. The highest BCUT2D eigenvalue weighted by molar-refractivity contribution is 5.93. The van der Waals surface area contributed by atoms with Crippen molar-refractivity contribution in [2.75, 3.05) is 13.1 Å². The lowest BCUT2D eigenvalue weighted by molar-refractivity contribution is 0.431. The summed E-state index contributed by atoms with van der Waals surface area (Å²) in [6, 6.07) is 10.2. The van der Waals surface area contributed by atoms with Crippen molar-refractivity contribution < 1.29 is 0 Å². The molecular formula is C19H33N5. The number of aliphatic imine (C=N–C) groups is 2. The number of rotatable bonds is 10. The fourth-order valence-electron chi connectivity index (χ4n) is 2.47. The summed E-state index contributed by atoms with van der Waals surface area (Å²) in [5.41, 5.74) is 13.2. The van der Waals surface area contributed by atoms with Crippen LogP contribution in [0.15, 0.2) is 40.3 Å². The first-order valence-electron chi connectivity index (χ1n) is 9.10. The van der Waals surface area contributed by atoms with Crippen molar-refractivity contribution in [1.82, 2.24) is 4.90 Å². The minimum absolute atomic E-state index is 0.271. The lowest BCUT2D eigenvalue weighted by Crippen LogP contribution is -2.38. The van der Waals surface area contributed by atoms with E-state index in [4.69, 9.17) is 11.5 Å². The van der Waals surface area contributed by atoms with Gasteiger partial charge in [0.1, 0.15) is 0 Å². The molecule has 0 heterocycles. The Hall–Kier alpha value is -2.04. The van der Waals surface area contributed by atoms with Crippen LogP contribution in [-0.2, 0) is 6.54 Å². The summed E-state index contributed by atoms with van der Waals surface area (Å²) in [7, 11) is 0. The van der Waals surface area contributed by atoms with Crippen LogP contribution < -0.4 is 11.5 Å². The molecule has 0 saturated carbocycles. The molecule has 0 aromatic heterocycles. The molecule has 0 aliphatic rings. The Labute approximate surface area is 146 Å². The average molecular weight is 332 g/mol. The molecule has 0 fully saturated rings. The van der Waals surface area contributed by atoms with Crippen molar-refractivity contribution in [2.24, 2.45) is 21.5 Å². The standard InChI is InChI=1S/C19H33N5/c1-3-5-6-7-8-12-15-22-18(20)23-19(21)24(4-2)16-17-13-10-9-11-14-17/h9-11,13-14H,3-8,12,15-16H2,1-2H3,(H4,20,21,22,23). The second-order valence-corrected chi connectivity index (χ2v) is 5.98. The summed E-state index contributed by atoms with van der Waals surface area (Å²) in [4.78, 5) is 10.5. The summed E-state index contributed by atoms with van der Waals surface area (Å²) >= 11 is 0. The van der Waals surface area contributed by atoms with Crippen LogP contribution in [0.2, 0.25) is 0 Å². The zero-order chi connectivity index (χ0) is 17.6. The summed E-state index contributed by atoms with van der Waals surface area (Å²) in [5.74, 6) is 0.693. The molecule has 0 aliphatic heterocycles. The predicted molar refractivity (Wildman–Crippen MR) is 104 cm³/mol. The van der Waals surface area contributed by atoms with Gasteiger partial charge in [0.2, 0.25) is 5.96 Å². The SMILES string of the molecule is CCCCCCCCN=C(N)/N=C(\N)N(CC)Cc1ccccc1. The van der Waals surface area contributed by atoms with Crippen molar-refractivity contribution >= 4 is 11.9 Å². The van der Waals surface area contributed by atoms with Crippen molar-refractivity contribution in [3.8, 4) is 0 Å². The van der Waals surface area contributed by atoms with Crippen LogP contribution in [0.4, 0.5) is 0 Å². The minimum atomic E-state index is 0.271. The average Bonchev–Trinajstić information content (AvgIpc) is 2.59. The highest BCUT2D eigenvalue weighted by Gasteiger charge is 2.07. The number of hydrogen-bond donors (Lipinski definition) is 2. The number of benzene rings is 1. The van der Waals surface area contributed by atoms with Crippen LogP contribution >= 0.6 is 0 Å². The fourth-order valence-corrected chi connectivity index (χ4v) is 2.47. The highest BCUT2D eigenvalue weighted by Crippen LogP contribution is 2.05. The largest absolute Gasteiger partial charge is 0.369 e. The molecular weight excluding hydrogens is 298 g/mol. The van der Waals surface area contributed by atoms with E-state index in [0.717, 1.165) is 26.1 Å². The van der Waals surface area contributed by atoms with E-state index in [1.807, 2.05) is 23.1 Å². The molecule has 5 heteroatoms. The second-order valence-electron chi connectivity index (χ2n) is 5.98. The van der Waals surface area contributed by atoms with Crippen molar-refractivity contribution in [2.45, 2.75) is 58.9 Å². The van der Waals surface area contributed by atoms with Crippen LogP contribution in [-0.4, -0.2) is 29.9 Å². The van der Waals surface area contributed by atoms with Gasteiger partial charge >= 0.3 is 0 Å². The van der Waals surface area contributed by atoms with E-state index >= 15 is 0 Å². The van der Waals surface area contributed by atoms with Crippen molar-refractivity contribution in [3.05, 3.63) is 35.9 Å². The molecule has 0 radical (unpaired) electrons. The Morgan fingerprint density at radius 2 is 1.62 bits per heavy atom. The zero-order valence-electron chi connectivity index (χ0n) is 15.2. The molecule has 0 unspecified atom stereocenters. The molecule has 0 spiro atoms. The topological polar surface area (TPSA) is 80.0 Å². The minimum Gasteiger partial charge on any atom is -0.369 e. The van der Waals surface area contributed by atoms with Gasteiger partial charge in [-0.15, -0.1) is 0 Å². The van der Waals surface area contributed by atoms with Gasteiger partial charge in [0.05, 0.1) is 0 Å². The third kappa shape index (κ3) is 8.56. The van der Waals surface area contributed by atoms with Gasteiger partial charge in [-0.2, -0.15) is 4.99 Å². The Kier molecular flexibility index (Phi) is 10.3. The molecule has 1 rings (SSSR count). The number of nitrogens with zero attached hydrogens (tertiary/aromatic N) is 3. The summed E-state index contributed by atoms with van der Waals surface area (Å²) in [6.07, 6.45) is 7.43. The molecule has 0 bridgehead atoms. The molecule has 24 heavy (non-hydrogen) atoms. The molecule has 134 valence electrons.